The lowest BCUT2D eigenvalue weighted by molar-refractivity contribution is 0.0696. The first-order valence-electron chi connectivity index (χ1n) is 7.59. The van der Waals surface area contributed by atoms with Crippen LogP contribution in [0.2, 0.25) is 0 Å². The van der Waals surface area contributed by atoms with Gasteiger partial charge in [0.05, 0.1) is 5.56 Å². The second-order valence-electron chi connectivity index (χ2n) is 6.26. The molecule has 2 rings (SSSR count). The van der Waals surface area contributed by atoms with Crippen LogP contribution in [0.3, 0.4) is 0 Å². The molecule has 5 heteroatoms. The molecule has 116 valence electrons. The molecule has 1 aromatic rings. The summed E-state index contributed by atoms with van der Waals surface area (Å²) in [4.78, 5) is 20.6. The van der Waals surface area contributed by atoms with Crippen LogP contribution < -0.4 is 4.90 Å². The van der Waals surface area contributed by atoms with Gasteiger partial charge in [-0.25, -0.2) is 9.78 Å². The number of rotatable bonds is 3. The number of anilines is 1. The van der Waals surface area contributed by atoms with Gasteiger partial charge in [-0.2, -0.15) is 0 Å². The average molecular weight is 291 g/mol. The van der Waals surface area contributed by atoms with Crippen LogP contribution >= 0.6 is 0 Å². The van der Waals surface area contributed by atoms with E-state index in [0.717, 1.165) is 37.6 Å². The first kappa shape index (κ1) is 15.8. The van der Waals surface area contributed by atoms with Crippen LogP contribution in [0, 0.1) is 0 Å². The van der Waals surface area contributed by atoms with Gasteiger partial charge in [-0.05, 0) is 45.0 Å². The number of pyridine rings is 1. The van der Waals surface area contributed by atoms with Crippen LogP contribution in [0.4, 0.5) is 5.82 Å². The number of carbonyl (C=O) groups is 1. The second kappa shape index (κ2) is 6.43. The first-order valence-corrected chi connectivity index (χ1v) is 7.59. The summed E-state index contributed by atoms with van der Waals surface area (Å²) in [6, 6.07) is 3.72. The molecule has 21 heavy (non-hydrogen) atoms. The summed E-state index contributed by atoms with van der Waals surface area (Å²) in [6.07, 6.45) is 1.07. The van der Waals surface area contributed by atoms with Gasteiger partial charge in [-0.3, -0.25) is 0 Å². The minimum atomic E-state index is -0.889. The van der Waals surface area contributed by atoms with Crippen molar-refractivity contribution in [3.8, 4) is 0 Å². The third kappa shape index (κ3) is 3.73. The lowest BCUT2D eigenvalue weighted by Crippen LogP contribution is -2.38. The molecule has 0 radical (unpaired) electrons. The highest BCUT2D eigenvalue weighted by Crippen LogP contribution is 2.23. The summed E-state index contributed by atoms with van der Waals surface area (Å²) in [5, 5.41) is 9.32. The van der Waals surface area contributed by atoms with Gasteiger partial charge in [-0.15, -0.1) is 0 Å². The highest BCUT2D eigenvalue weighted by molar-refractivity contribution is 5.88. The van der Waals surface area contributed by atoms with Crippen LogP contribution in [0.1, 0.15) is 49.2 Å². The van der Waals surface area contributed by atoms with Crippen LogP contribution in [0.25, 0.3) is 0 Å². The Morgan fingerprint density at radius 2 is 2.10 bits per heavy atom. The van der Waals surface area contributed by atoms with Gasteiger partial charge in [0.1, 0.15) is 5.82 Å². The van der Waals surface area contributed by atoms with Crippen LogP contribution in [-0.4, -0.2) is 53.7 Å². The first-order chi connectivity index (χ1) is 9.88. The molecule has 1 fully saturated rings. The monoisotopic (exact) mass is 291 g/mol. The SMILES string of the molecule is CC(C)c1cc(C(=O)O)cc(N2CCCN(C)CC2C)n1. The summed E-state index contributed by atoms with van der Waals surface area (Å²) in [6.45, 7) is 9.20. The maximum Gasteiger partial charge on any atom is 0.335 e. The van der Waals surface area contributed by atoms with E-state index in [9.17, 15) is 9.90 Å². The number of likely N-dealkylation sites (N-methyl/N-ethyl adjacent to an activating group) is 1. The Kier molecular flexibility index (Phi) is 4.83. The number of hydrogen-bond donors (Lipinski definition) is 1. The third-order valence-electron chi connectivity index (χ3n) is 4.01. The summed E-state index contributed by atoms with van der Waals surface area (Å²) in [7, 11) is 2.13. The van der Waals surface area contributed by atoms with Crippen molar-refractivity contribution in [3.05, 3.63) is 23.4 Å². The molecule has 1 aliphatic heterocycles. The Labute approximate surface area is 126 Å². The number of nitrogens with zero attached hydrogens (tertiary/aromatic N) is 3. The van der Waals surface area contributed by atoms with Gasteiger partial charge in [0.15, 0.2) is 0 Å². The van der Waals surface area contributed by atoms with Crippen LogP contribution in [0.15, 0.2) is 12.1 Å². The molecule has 1 saturated heterocycles. The van der Waals surface area contributed by atoms with E-state index >= 15 is 0 Å². The van der Waals surface area contributed by atoms with Gasteiger partial charge in [-0.1, -0.05) is 13.8 Å². The lowest BCUT2D eigenvalue weighted by Gasteiger charge is -2.30. The predicted octanol–water partition coefficient (Wildman–Crippen LogP) is 2.43. The van der Waals surface area contributed by atoms with Gasteiger partial charge < -0.3 is 14.9 Å². The van der Waals surface area contributed by atoms with E-state index < -0.39 is 5.97 Å². The normalized spacial score (nSPS) is 20.6. The average Bonchev–Trinajstić information content (AvgIpc) is 2.58. The second-order valence-corrected chi connectivity index (χ2v) is 6.26. The summed E-state index contributed by atoms with van der Waals surface area (Å²) >= 11 is 0. The van der Waals surface area contributed by atoms with Crippen molar-refractivity contribution in [2.45, 2.75) is 39.2 Å². The van der Waals surface area contributed by atoms with Crippen molar-refractivity contribution in [2.24, 2.45) is 0 Å². The van der Waals surface area contributed by atoms with Crippen molar-refractivity contribution in [2.75, 3.05) is 31.6 Å². The molecule has 0 amide bonds. The quantitative estimate of drug-likeness (QED) is 0.927. The Morgan fingerprint density at radius 1 is 1.38 bits per heavy atom. The van der Waals surface area contributed by atoms with E-state index in [2.05, 4.69) is 23.8 Å². The fraction of sp³-hybridized carbons (Fsp3) is 0.625. The number of carboxylic acid groups (broad SMARTS) is 1. The van der Waals surface area contributed by atoms with Crippen molar-refractivity contribution in [3.63, 3.8) is 0 Å². The van der Waals surface area contributed by atoms with Gasteiger partial charge in [0.25, 0.3) is 0 Å². The van der Waals surface area contributed by atoms with E-state index in [4.69, 9.17) is 4.98 Å². The molecule has 1 unspecified atom stereocenters. The van der Waals surface area contributed by atoms with Crippen LogP contribution in [-0.2, 0) is 0 Å². The fourth-order valence-electron chi connectivity index (χ4n) is 2.82. The molecule has 2 heterocycles. The molecule has 5 nitrogen and oxygen atoms in total. The fourth-order valence-corrected chi connectivity index (χ4v) is 2.82. The predicted molar refractivity (Wildman–Crippen MR) is 84.2 cm³/mol. The number of carboxylic acids is 1. The van der Waals surface area contributed by atoms with Crippen molar-refractivity contribution < 1.29 is 9.90 Å². The maximum atomic E-state index is 11.4. The maximum absolute atomic E-state index is 11.4. The number of aromatic carboxylic acids is 1. The minimum absolute atomic E-state index is 0.216. The van der Waals surface area contributed by atoms with Gasteiger partial charge in [0, 0.05) is 24.8 Å². The molecule has 1 aliphatic rings. The highest BCUT2D eigenvalue weighted by Gasteiger charge is 2.22. The number of hydrogen-bond acceptors (Lipinski definition) is 4. The van der Waals surface area contributed by atoms with Crippen LogP contribution in [0.5, 0.6) is 0 Å². The molecule has 0 aromatic carbocycles. The highest BCUT2D eigenvalue weighted by atomic mass is 16.4. The molecule has 0 saturated carbocycles. The van der Waals surface area contributed by atoms with E-state index in [1.807, 2.05) is 13.8 Å². The molecular formula is C16H25N3O2. The molecule has 0 bridgehead atoms. The third-order valence-corrected chi connectivity index (χ3v) is 4.01. The number of aromatic nitrogens is 1. The summed E-state index contributed by atoms with van der Waals surface area (Å²) in [5.41, 5.74) is 1.17. The topological polar surface area (TPSA) is 56.7 Å². The Bertz CT molecular complexity index is 516. The summed E-state index contributed by atoms with van der Waals surface area (Å²) in [5.74, 6) is 0.120. The van der Waals surface area contributed by atoms with Crippen molar-refractivity contribution in [1.82, 2.24) is 9.88 Å². The Hall–Kier alpha value is -1.62. The van der Waals surface area contributed by atoms with Gasteiger partial charge in [0.2, 0.25) is 0 Å². The minimum Gasteiger partial charge on any atom is -0.478 e. The molecule has 0 spiro atoms. The zero-order valence-corrected chi connectivity index (χ0v) is 13.3. The van der Waals surface area contributed by atoms with E-state index in [1.165, 1.54) is 0 Å². The Morgan fingerprint density at radius 3 is 2.71 bits per heavy atom. The molecule has 1 aromatic heterocycles. The van der Waals surface area contributed by atoms with Crippen molar-refractivity contribution >= 4 is 11.8 Å². The largest absolute Gasteiger partial charge is 0.478 e. The zero-order chi connectivity index (χ0) is 15.6. The van der Waals surface area contributed by atoms with E-state index in [0.29, 0.717) is 11.6 Å². The van der Waals surface area contributed by atoms with Gasteiger partial charge >= 0.3 is 5.97 Å². The summed E-state index contributed by atoms with van der Waals surface area (Å²) < 4.78 is 0. The molecule has 0 aliphatic carbocycles. The molecular weight excluding hydrogens is 266 g/mol. The van der Waals surface area contributed by atoms with Crippen molar-refractivity contribution in [1.29, 1.82) is 0 Å². The standard InChI is InChI=1S/C16H25N3O2/c1-11(2)14-8-13(16(20)21)9-15(17-14)19-7-5-6-18(4)10-12(19)3/h8-9,11-12H,5-7,10H2,1-4H3,(H,20,21). The Balaban J connectivity index is 2.39. The molecule has 1 N–H and O–H groups in total. The van der Waals surface area contributed by atoms with E-state index in [-0.39, 0.29) is 5.92 Å². The molecule has 1 atom stereocenters. The lowest BCUT2D eigenvalue weighted by atomic mass is 10.1. The zero-order valence-electron chi connectivity index (χ0n) is 13.3. The van der Waals surface area contributed by atoms with E-state index in [1.54, 1.807) is 12.1 Å². The smallest absolute Gasteiger partial charge is 0.335 e.